The Hall–Kier alpha value is -1.34. The highest BCUT2D eigenvalue weighted by molar-refractivity contribution is 5.38. The summed E-state index contributed by atoms with van der Waals surface area (Å²) in [5.74, 6) is 0.231. The molecule has 0 radical (unpaired) electrons. The van der Waals surface area contributed by atoms with Gasteiger partial charge in [0.15, 0.2) is 0 Å². The van der Waals surface area contributed by atoms with Crippen molar-refractivity contribution in [2.75, 3.05) is 45.7 Å². The minimum absolute atomic E-state index is 0.231. The van der Waals surface area contributed by atoms with Gasteiger partial charge in [0.25, 0.3) is 0 Å². The quantitative estimate of drug-likeness (QED) is 0.828. The average Bonchev–Trinajstić information content (AvgIpc) is 2.36. The Morgan fingerprint density at radius 3 is 2.74 bits per heavy atom. The molecule has 0 aromatic carbocycles. The highest BCUT2D eigenvalue weighted by Crippen LogP contribution is 2.29. The number of likely N-dealkylation sites (N-methyl/N-ethyl adjacent to an activating group) is 1. The Morgan fingerprint density at radius 1 is 1.37 bits per heavy atom. The lowest BCUT2D eigenvalue weighted by Gasteiger charge is -2.16. The summed E-state index contributed by atoms with van der Waals surface area (Å²) in [5.41, 5.74) is -0.697. The average molecular weight is 277 g/mol. The summed E-state index contributed by atoms with van der Waals surface area (Å²) in [7, 11) is 3.54. The predicted molar refractivity (Wildman–Crippen MR) is 67.1 cm³/mol. The summed E-state index contributed by atoms with van der Waals surface area (Å²) >= 11 is 0. The first-order valence-corrected chi connectivity index (χ1v) is 5.88. The number of anilines is 1. The fraction of sp³-hybridized carbons (Fsp3) is 0.583. The SMILES string of the molecule is COCCN(C)CCNc1cc(C(F)(F)F)ccn1. The number of rotatable bonds is 7. The molecule has 108 valence electrons. The molecule has 1 rings (SSSR count). The molecule has 0 amide bonds. The van der Waals surface area contributed by atoms with Crippen LogP contribution < -0.4 is 5.32 Å². The predicted octanol–water partition coefficient (Wildman–Crippen LogP) is 2.09. The van der Waals surface area contributed by atoms with E-state index >= 15 is 0 Å². The van der Waals surface area contributed by atoms with Gasteiger partial charge in [-0.05, 0) is 19.2 Å². The van der Waals surface area contributed by atoms with Crippen LogP contribution in [0.3, 0.4) is 0 Å². The number of halogens is 3. The van der Waals surface area contributed by atoms with Gasteiger partial charge in [-0.25, -0.2) is 4.98 Å². The van der Waals surface area contributed by atoms with Crippen LogP contribution >= 0.6 is 0 Å². The van der Waals surface area contributed by atoms with Crippen LogP contribution in [0.1, 0.15) is 5.56 Å². The van der Waals surface area contributed by atoms with E-state index in [-0.39, 0.29) is 5.82 Å². The molecule has 0 aliphatic heterocycles. The third-order valence-corrected chi connectivity index (χ3v) is 2.56. The number of ether oxygens (including phenoxy) is 1. The number of hydrogen-bond acceptors (Lipinski definition) is 4. The van der Waals surface area contributed by atoms with E-state index in [1.807, 2.05) is 11.9 Å². The molecule has 0 spiro atoms. The molecule has 1 N–H and O–H groups in total. The normalized spacial score (nSPS) is 11.9. The molecule has 0 aliphatic rings. The van der Waals surface area contributed by atoms with Crippen LogP contribution in [0.25, 0.3) is 0 Å². The Bertz CT molecular complexity index is 385. The molecule has 0 atom stereocenters. The van der Waals surface area contributed by atoms with Gasteiger partial charge in [0.05, 0.1) is 12.2 Å². The van der Waals surface area contributed by atoms with Gasteiger partial charge in [-0.15, -0.1) is 0 Å². The first-order chi connectivity index (χ1) is 8.93. The fourth-order valence-electron chi connectivity index (χ4n) is 1.44. The summed E-state index contributed by atoms with van der Waals surface area (Å²) in [6.07, 6.45) is -3.19. The summed E-state index contributed by atoms with van der Waals surface area (Å²) in [4.78, 5) is 5.88. The smallest absolute Gasteiger partial charge is 0.383 e. The van der Waals surface area contributed by atoms with E-state index in [0.29, 0.717) is 19.7 Å². The van der Waals surface area contributed by atoms with E-state index in [9.17, 15) is 13.2 Å². The van der Waals surface area contributed by atoms with Crippen molar-refractivity contribution in [3.05, 3.63) is 23.9 Å². The molecule has 0 saturated heterocycles. The van der Waals surface area contributed by atoms with Crippen LogP contribution in [0.15, 0.2) is 18.3 Å². The lowest BCUT2D eigenvalue weighted by atomic mass is 10.2. The molecule has 19 heavy (non-hydrogen) atoms. The second-order valence-corrected chi connectivity index (χ2v) is 4.15. The van der Waals surface area contributed by atoms with Gasteiger partial charge >= 0.3 is 6.18 Å². The fourth-order valence-corrected chi connectivity index (χ4v) is 1.44. The molecule has 0 saturated carbocycles. The first-order valence-electron chi connectivity index (χ1n) is 5.88. The Morgan fingerprint density at radius 2 is 2.11 bits per heavy atom. The minimum atomic E-state index is -4.34. The van der Waals surface area contributed by atoms with Gasteiger partial charge in [0.2, 0.25) is 0 Å². The number of alkyl halides is 3. The summed E-state index contributed by atoms with van der Waals surface area (Å²) in [6.45, 7) is 2.61. The number of aromatic nitrogens is 1. The standard InChI is InChI=1S/C12H18F3N3O/c1-18(7-8-19-2)6-5-17-11-9-10(3-4-16-11)12(13,14)15/h3-4,9H,5-8H2,1-2H3,(H,16,17). The summed E-state index contributed by atoms with van der Waals surface area (Å²) in [5, 5.41) is 2.87. The Balaban J connectivity index is 2.41. The minimum Gasteiger partial charge on any atom is -0.383 e. The van der Waals surface area contributed by atoms with E-state index in [4.69, 9.17) is 4.74 Å². The molecule has 0 aliphatic carbocycles. The Kier molecular flexibility index (Phi) is 6.04. The van der Waals surface area contributed by atoms with Crippen molar-refractivity contribution >= 4 is 5.82 Å². The second kappa shape index (κ2) is 7.30. The van der Waals surface area contributed by atoms with Crippen molar-refractivity contribution in [2.45, 2.75) is 6.18 Å². The van der Waals surface area contributed by atoms with Crippen molar-refractivity contribution in [1.29, 1.82) is 0 Å². The monoisotopic (exact) mass is 277 g/mol. The van der Waals surface area contributed by atoms with Crippen molar-refractivity contribution in [3.8, 4) is 0 Å². The van der Waals surface area contributed by atoms with E-state index < -0.39 is 11.7 Å². The van der Waals surface area contributed by atoms with Gasteiger partial charge in [0, 0.05) is 32.9 Å². The molecule has 1 heterocycles. The van der Waals surface area contributed by atoms with E-state index in [1.54, 1.807) is 7.11 Å². The molecule has 0 unspecified atom stereocenters. The molecule has 0 bridgehead atoms. The van der Waals surface area contributed by atoms with Crippen LogP contribution in [0, 0.1) is 0 Å². The van der Waals surface area contributed by atoms with Gasteiger partial charge in [-0.2, -0.15) is 13.2 Å². The first kappa shape index (κ1) is 15.7. The number of pyridine rings is 1. The highest BCUT2D eigenvalue weighted by Gasteiger charge is 2.30. The molecule has 1 aromatic rings. The van der Waals surface area contributed by atoms with E-state index in [0.717, 1.165) is 24.9 Å². The number of nitrogens with zero attached hydrogens (tertiary/aromatic N) is 2. The van der Waals surface area contributed by atoms with Gasteiger partial charge in [-0.3, -0.25) is 0 Å². The zero-order valence-electron chi connectivity index (χ0n) is 11.0. The number of hydrogen-bond donors (Lipinski definition) is 1. The second-order valence-electron chi connectivity index (χ2n) is 4.15. The third kappa shape index (κ3) is 5.89. The molecular formula is C12H18F3N3O. The van der Waals surface area contributed by atoms with Crippen LogP contribution in [0.4, 0.5) is 19.0 Å². The molecular weight excluding hydrogens is 259 g/mol. The topological polar surface area (TPSA) is 37.4 Å². The summed E-state index contributed by atoms with van der Waals surface area (Å²) < 4.78 is 42.4. The molecule has 4 nitrogen and oxygen atoms in total. The van der Waals surface area contributed by atoms with Crippen molar-refractivity contribution < 1.29 is 17.9 Å². The highest BCUT2D eigenvalue weighted by atomic mass is 19.4. The third-order valence-electron chi connectivity index (χ3n) is 2.56. The van der Waals surface area contributed by atoms with E-state index in [2.05, 4.69) is 10.3 Å². The van der Waals surface area contributed by atoms with Crippen LogP contribution in [0.5, 0.6) is 0 Å². The number of methoxy groups -OCH3 is 1. The van der Waals surface area contributed by atoms with Crippen LogP contribution in [-0.2, 0) is 10.9 Å². The van der Waals surface area contributed by atoms with Crippen LogP contribution in [0.2, 0.25) is 0 Å². The summed E-state index contributed by atoms with van der Waals surface area (Å²) in [6, 6.07) is 1.96. The molecule has 1 aromatic heterocycles. The maximum Gasteiger partial charge on any atom is 0.416 e. The Labute approximate surface area is 110 Å². The lowest BCUT2D eigenvalue weighted by molar-refractivity contribution is -0.137. The van der Waals surface area contributed by atoms with Crippen LogP contribution in [-0.4, -0.2) is 50.3 Å². The number of nitrogens with one attached hydrogen (secondary N) is 1. The van der Waals surface area contributed by atoms with Crippen molar-refractivity contribution in [3.63, 3.8) is 0 Å². The maximum absolute atomic E-state index is 12.5. The zero-order valence-corrected chi connectivity index (χ0v) is 11.0. The zero-order chi connectivity index (χ0) is 14.3. The van der Waals surface area contributed by atoms with Crippen molar-refractivity contribution in [2.24, 2.45) is 0 Å². The maximum atomic E-state index is 12.5. The van der Waals surface area contributed by atoms with Gasteiger partial charge in [-0.1, -0.05) is 0 Å². The van der Waals surface area contributed by atoms with Gasteiger partial charge < -0.3 is 15.0 Å². The van der Waals surface area contributed by atoms with Crippen molar-refractivity contribution in [1.82, 2.24) is 9.88 Å². The lowest BCUT2D eigenvalue weighted by Crippen LogP contribution is -2.28. The van der Waals surface area contributed by atoms with E-state index in [1.165, 1.54) is 0 Å². The molecule has 0 fully saturated rings. The molecule has 7 heteroatoms. The van der Waals surface area contributed by atoms with Gasteiger partial charge in [0.1, 0.15) is 5.82 Å². The largest absolute Gasteiger partial charge is 0.416 e.